The number of amides is 1. The maximum absolute atomic E-state index is 12.1. The van der Waals surface area contributed by atoms with Crippen molar-refractivity contribution < 1.29 is 9.21 Å². The lowest BCUT2D eigenvalue weighted by Gasteiger charge is -2.25. The third kappa shape index (κ3) is 4.50. The van der Waals surface area contributed by atoms with Gasteiger partial charge in [0.1, 0.15) is 12.0 Å². The molecule has 4 nitrogen and oxygen atoms in total. The van der Waals surface area contributed by atoms with E-state index >= 15 is 0 Å². The molecule has 0 saturated carbocycles. The molecule has 6 heteroatoms. The molecular weight excluding hydrogens is 323 g/mol. The minimum absolute atomic E-state index is 0. The van der Waals surface area contributed by atoms with Gasteiger partial charge in [0.2, 0.25) is 0 Å². The number of rotatable bonds is 5. The number of nitrogens with one attached hydrogen (secondary N) is 1. The van der Waals surface area contributed by atoms with Gasteiger partial charge in [-0.25, -0.2) is 0 Å². The Morgan fingerprint density at radius 3 is 2.50 bits per heavy atom. The van der Waals surface area contributed by atoms with Crippen LogP contribution in [0.5, 0.6) is 0 Å². The first-order valence-corrected chi connectivity index (χ1v) is 7.12. The standard InChI is InChI=1S/C16H19ClN2O2.ClH/c1-16(2,12-3-5-13(17)6-4-12)10-19-15(20)11-7-14(8-18)21-9-11;/h3-7,9H,8,10,18H2,1-2H3,(H,19,20);1H. The Morgan fingerprint density at radius 2 is 1.95 bits per heavy atom. The molecule has 0 bridgehead atoms. The van der Waals surface area contributed by atoms with Gasteiger partial charge >= 0.3 is 0 Å². The number of carbonyl (C=O) groups is 1. The van der Waals surface area contributed by atoms with Gasteiger partial charge < -0.3 is 15.5 Å². The highest BCUT2D eigenvalue weighted by molar-refractivity contribution is 6.30. The van der Waals surface area contributed by atoms with Gasteiger partial charge in [-0.3, -0.25) is 4.79 Å². The van der Waals surface area contributed by atoms with Crippen molar-refractivity contribution in [3.8, 4) is 0 Å². The van der Waals surface area contributed by atoms with Crippen molar-refractivity contribution in [3.63, 3.8) is 0 Å². The molecule has 0 fully saturated rings. The fourth-order valence-corrected chi connectivity index (χ4v) is 2.14. The highest BCUT2D eigenvalue weighted by atomic mass is 35.5. The van der Waals surface area contributed by atoms with Gasteiger partial charge in [-0.15, -0.1) is 12.4 Å². The lowest BCUT2D eigenvalue weighted by molar-refractivity contribution is 0.0945. The molecule has 0 saturated heterocycles. The first kappa shape index (κ1) is 18.6. The van der Waals surface area contributed by atoms with Gasteiger partial charge in [-0.05, 0) is 23.8 Å². The zero-order valence-electron chi connectivity index (χ0n) is 12.6. The van der Waals surface area contributed by atoms with Crippen molar-refractivity contribution in [2.75, 3.05) is 6.54 Å². The third-order valence-electron chi connectivity index (χ3n) is 3.43. The van der Waals surface area contributed by atoms with Gasteiger partial charge in [0.05, 0.1) is 12.1 Å². The summed E-state index contributed by atoms with van der Waals surface area (Å²) in [6.45, 7) is 4.93. The molecule has 0 aliphatic heterocycles. The summed E-state index contributed by atoms with van der Waals surface area (Å²) in [5, 5.41) is 3.62. The largest absolute Gasteiger partial charge is 0.467 e. The average molecular weight is 343 g/mol. The van der Waals surface area contributed by atoms with Gasteiger partial charge in [-0.1, -0.05) is 37.6 Å². The Balaban J connectivity index is 0.00000242. The van der Waals surface area contributed by atoms with E-state index in [9.17, 15) is 4.79 Å². The van der Waals surface area contributed by atoms with Gasteiger partial charge in [-0.2, -0.15) is 0 Å². The van der Waals surface area contributed by atoms with Crippen molar-refractivity contribution in [3.05, 3.63) is 58.5 Å². The van der Waals surface area contributed by atoms with E-state index in [1.54, 1.807) is 6.07 Å². The number of benzene rings is 1. The highest BCUT2D eigenvalue weighted by Crippen LogP contribution is 2.24. The zero-order valence-corrected chi connectivity index (χ0v) is 14.1. The van der Waals surface area contributed by atoms with Crippen LogP contribution in [0.4, 0.5) is 0 Å². The molecular formula is C16H20Cl2N2O2. The van der Waals surface area contributed by atoms with E-state index in [1.807, 2.05) is 24.3 Å². The van der Waals surface area contributed by atoms with Gasteiger partial charge in [0.25, 0.3) is 5.91 Å². The molecule has 1 aromatic carbocycles. The molecule has 0 atom stereocenters. The second-order valence-electron chi connectivity index (χ2n) is 5.58. The summed E-state index contributed by atoms with van der Waals surface area (Å²) < 4.78 is 5.16. The van der Waals surface area contributed by atoms with Crippen LogP contribution >= 0.6 is 24.0 Å². The van der Waals surface area contributed by atoms with Crippen LogP contribution in [0.1, 0.15) is 35.5 Å². The van der Waals surface area contributed by atoms with Crippen LogP contribution in [0.15, 0.2) is 41.0 Å². The maximum Gasteiger partial charge on any atom is 0.254 e. The fourth-order valence-electron chi connectivity index (χ4n) is 2.01. The molecule has 0 spiro atoms. The molecule has 120 valence electrons. The first-order chi connectivity index (χ1) is 9.92. The first-order valence-electron chi connectivity index (χ1n) is 6.74. The van der Waals surface area contributed by atoms with Crippen molar-refractivity contribution in [2.45, 2.75) is 25.8 Å². The van der Waals surface area contributed by atoms with Crippen LogP contribution in [0, 0.1) is 0 Å². The topological polar surface area (TPSA) is 68.3 Å². The Labute approximate surface area is 141 Å². The van der Waals surface area contributed by atoms with Crippen molar-refractivity contribution in [2.24, 2.45) is 5.73 Å². The molecule has 1 amide bonds. The maximum atomic E-state index is 12.1. The lowest BCUT2D eigenvalue weighted by Crippen LogP contribution is -2.36. The van der Waals surface area contributed by atoms with Crippen LogP contribution in [-0.4, -0.2) is 12.5 Å². The summed E-state index contributed by atoms with van der Waals surface area (Å²) in [6, 6.07) is 9.30. The molecule has 22 heavy (non-hydrogen) atoms. The Bertz CT molecular complexity index is 621. The molecule has 0 radical (unpaired) electrons. The van der Waals surface area contributed by atoms with Gasteiger partial charge in [0, 0.05) is 17.0 Å². The normalized spacial score (nSPS) is 10.9. The monoisotopic (exact) mass is 342 g/mol. The lowest BCUT2D eigenvalue weighted by atomic mass is 9.84. The van der Waals surface area contributed by atoms with Crippen LogP contribution in [-0.2, 0) is 12.0 Å². The van der Waals surface area contributed by atoms with Crippen molar-refractivity contribution >= 4 is 29.9 Å². The number of carbonyl (C=O) groups excluding carboxylic acids is 1. The molecule has 0 unspecified atom stereocenters. The van der Waals surface area contributed by atoms with E-state index in [2.05, 4.69) is 19.2 Å². The summed E-state index contributed by atoms with van der Waals surface area (Å²) in [7, 11) is 0. The van der Waals surface area contributed by atoms with Gasteiger partial charge in [0.15, 0.2) is 0 Å². The minimum atomic E-state index is -0.194. The van der Waals surface area contributed by atoms with E-state index in [1.165, 1.54) is 6.26 Å². The molecule has 1 heterocycles. The fraction of sp³-hybridized carbons (Fsp3) is 0.312. The Kier molecular flexibility index (Phi) is 6.48. The van der Waals surface area contributed by atoms with E-state index in [0.29, 0.717) is 22.9 Å². The SMILES string of the molecule is CC(C)(CNC(=O)c1coc(CN)c1)c1ccc(Cl)cc1.Cl. The zero-order chi connectivity index (χ0) is 15.5. The molecule has 3 N–H and O–H groups in total. The Hall–Kier alpha value is -1.49. The number of furan rings is 1. The number of nitrogens with two attached hydrogens (primary N) is 1. The summed E-state index contributed by atoms with van der Waals surface area (Å²) in [5.41, 5.74) is 6.87. The summed E-state index contributed by atoms with van der Waals surface area (Å²) in [6.07, 6.45) is 1.42. The molecule has 2 rings (SSSR count). The number of halogens is 2. The molecule has 0 aliphatic carbocycles. The smallest absolute Gasteiger partial charge is 0.254 e. The van der Waals surface area contributed by atoms with E-state index in [-0.39, 0.29) is 30.3 Å². The van der Waals surface area contributed by atoms with Crippen LogP contribution < -0.4 is 11.1 Å². The number of hydrogen-bond acceptors (Lipinski definition) is 3. The second-order valence-corrected chi connectivity index (χ2v) is 6.02. The second kappa shape index (κ2) is 7.68. The van der Waals surface area contributed by atoms with Crippen LogP contribution in [0.2, 0.25) is 5.02 Å². The van der Waals surface area contributed by atoms with Crippen LogP contribution in [0.25, 0.3) is 0 Å². The summed E-state index contributed by atoms with van der Waals surface area (Å²) in [5.74, 6) is 0.428. The average Bonchev–Trinajstić information content (AvgIpc) is 2.94. The van der Waals surface area contributed by atoms with E-state index < -0.39 is 0 Å². The third-order valence-corrected chi connectivity index (χ3v) is 3.69. The summed E-state index contributed by atoms with van der Waals surface area (Å²) in [4.78, 5) is 12.1. The molecule has 2 aromatic rings. The Morgan fingerprint density at radius 1 is 1.32 bits per heavy atom. The number of hydrogen-bond donors (Lipinski definition) is 2. The van der Waals surface area contributed by atoms with E-state index in [0.717, 1.165) is 5.56 Å². The highest BCUT2D eigenvalue weighted by Gasteiger charge is 2.22. The molecule has 0 aliphatic rings. The summed E-state index contributed by atoms with van der Waals surface area (Å²) >= 11 is 5.89. The molecule has 1 aromatic heterocycles. The predicted octanol–water partition coefficient (Wildman–Crippen LogP) is 3.52. The quantitative estimate of drug-likeness (QED) is 0.873. The predicted molar refractivity (Wildman–Crippen MR) is 90.7 cm³/mol. The minimum Gasteiger partial charge on any atom is -0.467 e. The van der Waals surface area contributed by atoms with E-state index in [4.69, 9.17) is 21.8 Å². The van der Waals surface area contributed by atoms with Crippen molar-refractivity contribution in [1.82, 2.24) is 5.32 Å². The van der Waals surface area contributed by atoms with Crippen molar-refractivity contribution in [1.29, 1.82) is 0 Å². The van der Waals surface area contributed by atoms with Crippen LogP contribution in [0.3, 0.4) is 0 Å².